The Balaban J connectivity index is 1.87. The van der Waals surface area contributed by atoms with Crippen LogP contribution in [0.2, 0.25) is 0 Å². The molecule has 2 aromatic carbocycles. The Kier molecular flexibility index (Phi) is 4.53. The molecule has 2 aromatic rings. The maximum absolute atomic E-state index is 12.5. The van der Waals surface area contributed by atoms with E-state index in [1.165, 1.54) is 16.8 Å². The van der Waals surface area contributed by atoms with Crippen molar-refractivity contribution in [1.82, 2.24) is 5.32 Å². The monoisotopic (exact) mass is 440 g/mol. The summed E-state index contributed by atoms with van der Waals surface area (Å²) in [6, 6.07) is 12.5. The number of methoxy groups -OCH3 is 1. The summed E-state index contributed by atoms with van der Waals surface area (Å²) in [6.07, 6.45) is 4.69. The summed E-state index contributed by atoms with van der Waals surface area (Å²) in [5.41, 5.74) is 3.74. The number of ether oxygens (including phenoxy) is 1. The number of nitrogens with one attached hydrogen (secondary N) is 1. The van der Waals surface area contributed by atoms with Crippen LogP contribution in [0.5, 0.6) is 5.75 Å². The van der Waals surface area contributed by atoms with Gasteiger partial charge in [0.05, 0.1) is 7.11 Å². The summed E-state index contributed by atoms with van der Waals surface area (Å²) < 4.78 is 6.51. The molecule has 4 rings (SSSR count). The van der Waals surface area contributed by atoms with Crippen LogP contribution in [0.3, 0.4) is 0 Å². The van der Waals surface area contributed by atoms with Gasteiger partial charge in [0.25, 0.3) is 0 Å². The number of nitrogens with zero attached hydrogens (tertiary/aromatic N) is 1. The van der Waals surface area contributed by atoms with Crippen LogP contribution in [0.15, 0.2) is 46.9 Å². The van der Waals surface area contributed by atoms with Gasteiger partial charge < -0.3 is 15.0 Å². The van der Waals surface area contributed by atoms with Gasteiger partial charge in [0.15, 0.2) is 0 Å². The molecule has 2 aliphatic rings. The molecule has 1 saturated heterocycles. The van der Waals surface area contributed by atoms with Crippen molar-refractivity contribution in [3.05, 3.63) is 63.6 Å². The number of amides is 1. The van der Waals surface area contributed by atoms with Gasteiger partial charge >= 0.3 is 0 Å². The third-order valence-corrected chi connectivity index (χ3v) is 6.58. The third-order valence-electron chi connectivity index (χ3n) is 6.08. The molecular formula is C23H25BrN2O2. The lowest BCUT2D eigenvalue weighted by atomic mass is 9.74. The summed E-state index contributed by atoms with van der Waals surface area (Å²) in [5, 5.41) is 3.32. The predicted octanol–water partition coefficient (Wildman–Crippen LogP) is 4.79. The molecule has 0 saturated carbocycles. The van der Waals surface area contributed by atoms with E-state index in [0.29, 0.717) is 13.0 Å². The standard InChI is InChI=1S/C23H25BrN2O2/c1-15-5-7-19-18(13-15)22(2,3)23(25-21(27)10-12-26(19)23)11-9-16-14-17(24)6-8-20(16)28-4/h5-9,11,13-14H,10,12H2,1-4H3,(H,25,27)/t23-/m0/s1. The summed E-state index contributed by atoms with van der Waals surface area (Å²) in [6.45, 7) is 7.23. The summed E-state index contributed by atoms with van der Waals surface area (Å²) in [4.78, 5) is 14.8. The summed E-state index contributed by atoms with van der Waals surface area (Å²) >= 11 is 3.54. The maximum atomic E-state index is 12.5. The second-order valence-corrected chi connectivity index (χ2v) is 9.00. The first-order valence-corrected chi connectivity index (χ1v) is 10.3. The zero-order chi connectivity index (χ0) is 20.1. The highest BCUT2D eigenvalue weighted by molar-refractivity contribution is 9.10. The maximum Gasteiger partial charge on any atom is 0.223 e. The smallest absolute Gasteiger partial charge is 0.223 e. The molecule has 4 nitrogen and oxygen atoms in total. The van der Waals surface area contributed by atoms with E-state index < -0.39 is 5.66 Å². The molecule has 2 aliphatic heterocycles. The molecule has 0 spiro atoms. The van der Waals surface area contributed by atoms with Crippen molar-refractivity contribution in [2.75, 3.05) is 18.6 Å². The number of halogens is 1. The largest absolute Gasteiger partial charge is 0.496 e. The minimum atomic E-state index is -0.619. The first-order valence-electron chi connectivity index (χ1n) is 9.51. The highest BCUT2D eigenvalue weighted by Crippen LogP contribution is 2.52. The number of fused-ring (bicyclic) bond motifs is 3. The molecular weight excluding hydrogens is 416 g/mol. The number of benzene rings is 2. The van der Waals surface area contributed by atoms with E-state index in [9.17, 15) is 4.79 Å². The second-order valence-electron chi connectivity index (χ2n) is 8.08. The Labute approximate surface area is 174 Å². The molecule has 28 heavy (non-hydrogen) atoms. The normalized spacial score (nSPS) is 22.8. The highest BCUT2D eigenvalue weighted by atomic mass is 79.9. The lowest BCUT2D eigenvalue weighted by molar-refractivity contribution is -0.124. The summed E-state index contributed by atoms with van der Waals surface area (Å²) in [5.74, 6) is 0.883. The van der Waals surface area contributed by atoms with Gasteiger partial charge in [0, 0.05) is 34.1 Å². The zero-order valence-corrected chi connectivity index (χ0v) is 18.3. The molecule has 5 heteroatoms. The quantitative estimate of drug-likeness (QED) is 0.745. The molecule has 1 atom stereocenters. The Morgan fingerprint density at radius 1 is 1.21 bits per heavy atom. The van der Waals surface area contributed by atoms with Crippen molar-refractivity contribution in [1.29, 1.82) is 0 Å². The fourth-order valence-corrected chi connectivity index (χ4v) is 4.89. The molecule has 0 radical (unpaired) electrons. The van der Waals surface area contributed by atoms with Gasteiger partial charge in [0.2, 0.25) is 5.91 Å². The fraction of sp³-hybridized carbons (Fsp3) is 0.348. The minimum absolute atomic E-state index is 0.0831. The van der Waals surface area contributed by atoms with Gasteiger partial charge in [-0.1, -0.05) is 53.5 Å². The van der Waals surface area contributed by atoms with Crippen LogP contribution >= 0.6 is 15.9 Å². The molecule has 1 fully saturated rings. The SMILES string of the molecule is COc1ccc(Br)cc1C=C[C@]12NC(=O)CCN1c1ccc(C)cc1C2(C)C. The Hall–Kier alpha value is -2.27. The van der Waals surface area contributed by atoms with Gasteiger partial charge in [-0.2, -0.15) is 0 Å². The van der Waals surface area contributed by atoms with Crippen molar-refractivity contribution in [2.45, 2.75) is 38.3 Å². The van der Waals surface area contributed by atoms with Crippen LogP contribution in [0.1, 0.15) is 37.0 Å². The third kappa shape index (κ3) is 2.75. The van der Waals surface area contributed by atoms with Crippen molar-refractivity contribution >= 4 is 33.6 Å². The summed E-state index contributed by atoms with van der Waals surface area (Å²) in [7, 11) is 1.67. The van der Waals surface area contributed by atoms with Crippen LogP contribution in [-0.2, 0) is 10.2 Å². The number of hydrogen-bond acceptors (Lipinski definition) is 3. The van der Waals surface area contributed by atoms with E-state index in [4.69, 9.17) is 4.74 Å². The predicted molar refractivity (Wildman–Crippen MR) is 117 cm³/mol. The van der Waals surface area contributed by atoms with E-state index in [1.54, 1.807) is 7.11 Å². The van der Waals surface area contributed by atoms with Crippen molar-refractivity contribution < 1.29 is 9.53 Å². The molecule has 1 amide bonds. The average molecular weight is 441 g/mol. The molecule has 0 aromatic heterocycles. The molecule has 0 unspecified atom stereocenters. The van der Waals surface area contributed by atoms with Crippen molar-refractivity contribution in [2.24, 2.45) is 0 Å². The van der Waals surface area contributed by atoms with Gasteiger partial charge in [-0.3, -0.25) is 4.79 Å². The van der Waals surface area contributed by atoms with Crippen molar-refractivity contribution in [3.63, 3.8) is 0 Å². The number of carbonyl (C=O) groups is 1. The second kappa shape index (κ2) is 6.66. The molecule has 1 N–H and O–H groups in total. The molecule has 146 valence electrons. The number of hydrogen-bond donors (Lipinski definition) is 1. The first-order chi connectivity index (χ1) is 13.3. The Morgan fingerprint density at radius 3 is 2.75 bits per heavy atom. The lowest BCUT2D eigenvalue weighted by Gasteiger charge is -2.49. The average Bonchev–Trinajstić information content (AvgIpc) is 2.84. The van der Waals surface area contributed by atoms with Crippen molar-refractivity contribution in [3.8, 4) is 5.75 Å². The van der Waals surface area contributed by atoms with Gasteiger partial charge in [-0.25, -0.2) is 0 Å². The molecule has 0 bridgehead atoms. The number of aryl methyl sites for hydroxylation is 1. The zero-order valence-electron chi connectivity index (χ0n) is 16.7. The Morgan fingerprint density at radius 2 is 2.00 bits per heavy atom. The highest BCUT2D eigenvalue weighted by Gasteiger charge is 2.57. The van der Waals surface area contributed by atoms with Gasteiger partial charge in [0.1, 0.15) is 11.4 Å². The van der Waals surface area contributed by atoms with Crippen LogP contribution in [0.4, 0.5) is 5.69 Å². The van der Waals surface area contributed by atoms with Gasteiger partial charge in [-0.05, 0) is 42.8 Å². The number of rotatable bonds is 3. The van der Waals surface area contributed by atoms with E-state index >= 15 is 0 Å². The van der Waals surface area contributed by atoms with E-state index in [1.807, 2.05) is 18.2 Å². The molecule has 0 aliphatic carbocycles. The van der Waals surface area contributed by atoms with Crippen LogP contribution in [-0.4, -0.2) is 25.2 Å². The minimum Gasteiger partial charge on any atom is -0.496 e. The number of anilines is 1. The first kappa shape index (κ1) is 19.1. The Bertz CT molecular complexity index is 983. The van der Waals surface area contributed by atoms with Crippen LogP contribution in [0.25, 0.3) is 6.08 Å². The topological polar surface area (TPSA) is 41.6 Å². The van der Waals surface area contributed by atoms with Crippen LogP contribution < -0.4 is 15.0 Å². The van der Waals surface area contributed by atoms with E-state index in [0.717, 1.165) is 15.8 Å². The fourth-order valence-electron chi connectivity index (χ4n) is 4.51. The van der Waals surface area contributed by atoms with Crippen LogP contribution in [0, 0.1) is 6.92 Å². The van der Waals surface area contributed by atoms with E-state index in [2.05, 4.69) is 77.3 Å². The van der Waals surface area contributed by atoms with Gasteiger partial charge in [-0.15, -0.1) is 0 Å². The lowest BCUT2D eigenvalue weighted by Crippen LogP contribution is -2.68. The van der Waals surface area contributed by atoms with E-state index in [-0.39, 0.29) is 11.3 Å². The molecule has 2 heterocycles. The number of carbonyl (C=O) groups excluding carboxylic acids is 1.